The highest BCUT2D eigenvalue weighted by Gasteiger charge is 2.38. The molecule has 0 aromatic heterocycles. The number of rotatable bonds is 9. The zero-order valence-corrected chi connectivity index (χ0v) is 19.2. The van der Waals surface area contributed by atoms with E-state index in [-0.39, 0.29) is 38.1 Å². The quantitative estimate of drug-likeness (QED) is 0.588. The van der Waals surface area contributed by atoms with Gasteiger partial charge in [-0.2, -0.15) is 0 Å². The van der Waals surface area contributed by atoms with Crippen LogP contribution in [-0.4, -0.2) is 66.9 Å². The van der Waals surface area contributed by atoms with Crippen LogP contribution in [0.25, 0.3) is 11.1 Å². The second-order valence-electron chi connectivity index (χ2n) is 8.64. The lowest BCUT2D eigenvalue weighted by Gasteiger charge is -2.26. The van der Waals surface area contributed by atoms with E-state index in [1.54, 1.807) is 4.90 Å². The van der Waals surface area contributed by atoms with Crippen molar-refractivity contribution in [1.82, 2.24) is 10.2 Å². The van der Waals surface area contributed by atoms with Crippen molar-refractivity contribution in [1.29, 1.82) is 0 Å². The number of alkyl carbamates (subject to hydrolysis) is 1. The fourth-order valence-corrected chi connectivity index (χ4v) is 4.81. The summed E-state index contributed by atoms with van der Waals surface area (Å²) in [6.45, 7) is 3.31. The van der Waals surface area contributed by atoms with Gasteiger partial charge in [0.1, 0.15) is 6.61 Å². The second kappa shape index (κ2) is 10.7. The Morgan fingerprint density at radius 1 is 1.06 bits per heavy atom. The lowest BCUT2D eigenvalue weighted by atomic mass is 9.98. The van der Waals surface area contributed by atoms with E-state index in [0.29, 0.717) is 19.5 Å². The van der Waals surface area contributed by atoms with E-state index in [9.17, 15) is 14.4 Å². The molecule has 0 radical (unpaired) electrons. The summed E-state index contributed by atoms with van der Waals surface area (Å²) in [5.41, 5.74) is 4.58. The fraction of sp³-hybridized carbons (Fsp3) is 0.423. The molecule has 2 atom stereocenters. The number of ether oxygens (including phenoxy) is 2. The highest BCUT2D eigenvalue weighted by molar-refractivity contribution is 5.81. The summed E-state index contributed by atoms with van der Waals surface area (Å²) in [5, 5.41) is 11.7. The maximum atomic E-state index is 13.0. The molecule has 34 heavy (non-hydrogen) atoms. The van der Waals surface area contributed by atoms with Crippen LogP contribution in [0.2, 0.25) is 0 Å². The number of carbonyl (C=O) groups is 3. The third-order valence-electron chi connectivity index (χ3n) is 6.56. The van der Waals surface area contributed by atoms with E-state index in [2.05, 4.69) is 29.6 Å². The molecule has 0 spiro atoms. The van der Waals surface area contributed by atoms with Crippen molar-refractivity contribution in [2.75, 3.05) is 32.9 Å². The predicted molar refractivity (Wildman–Crippen MR) is 125 cm³/mol. The molecule has 8 heteroatoms. The van der Waals surface area contributed by atoms with Gasteiger partial charge in [-0.3, -0.25) is 9.59 Å². The first-order valence-corrected chi connectivity index (χ1v) is 11.7. The van der Waals surface area contributed by atoms with E-state index >= 15 is 0 Å². The Morgan fingerprint density at radius 2 is 1.71 bits per heavy atom. The van der Waals surface area contributed by atoms with E-state index in [0.717, 1.165) is 22.3 Å². The third kappa shape index (κ3) is 5.07. The number of nitrogens with one attached hydrogen (secondary N) is 1. The van der Waals surface area contributed by atoms with Gasteiger partial charge in [-0.15, -0.1) is 0 Å². The van der Waals surface area contributed by atoms with Crippen LogP contribution < -0.4 is 5.32 Å². The molecule has 2 amide bonds. The van der Waals surface area contributed by atoms with Gasteiger partial charge >= 0.3 is 12.1 Å². The summed E-state index contributed by atoms with van der Waals surface area (Å²) >= 11 is 0. The minimum Gasteiger partial charge on any atom is -0.481 e. The number of benzene rings is 2. The maximum Gasteiger partial charge on any atom is 0.407 e. The van der Waals surface area contributed by atoms with Crippen molar-refractivity contribution < 1.29 is 29.0 Å². The van der Waals surface area contributed by atoms with Gasteiger partial charge in [0.2, 0.25) is 5.91 Å². The Morgan fingerprint density at radius 3 is 2.32 bits per heavy atom. The van der Waals surface area contributed by atoms with Gasteiger partial charge in [0, 0.05) is 25.4 Å². The molecule has 180 valence electrons. The molecule has 0 bridgehead atoms. The molecule has 0 saturated carbocycles. The normalized spacial score (nSPS) is 18.7. The molecule has 4 rings (SSSR count). The molecule has 2 aliphatic rings. The number of fused-ring (bicyclic) bond motifs is 3. The average molecular weight is 467 g/mol. The molecular formula is C26H30N2O6. The van der Waals surface area contributed by atoms with Crippen molar-refractivity contribution in [3.63, 3.8) is 0 Å². The molecule has 2 aromatic rings. The molecule has 1 saturated heterocycles. The summed E-state index contributed by atoms with van der Waals surface area (Å²) in [4.78, 5) is 38.0. The van der Waals surface area contributed by atoms with Crippen LogP contribution in [-0.2, 0) is 19.1 Å². The topological polar surface area (TPSA) is 105 Å². The maximum absolute atomic E-state index is 13.0. The second-order valence-corrected chi connectivity index (χ2v) is 8.64. The highest BCUT2D eigenvalue weighted by atomic mass is 16.5. The third-order valence-corrected chi connectivity index (χ3v) is 6.56. The zero-order valence-electron chi connectivity index (χ0n) is 19.2. The Hall–Kier alpha value is -3.39. The molecule has 2 N–H and O–H groups in total. The van der Waals surface area contributed by atoms with Gasteiger partial charge in [0.15, 0.2) is 0 Å². The van der Waals surface area contributed by atoms with Crippen LogP contribution in [0.15, 0.2) is 48.5 Å². The molecule has 2 unspecified atom stereocenters. The smallest absolute Gasteiger partial charge is 0.407 e. The summed E-state index contributed by atoms with van der Waals surface area (Å²) in [5.74, 6) is -1.60. The minimum absolute atomic E-state index is 0.00632. The number of hydrogen-bond donors (Lipinski definition) is 2. The van der Waals surface area contributed by atoms with Gasteiger partial charge in [0.25, 0.3) is 0 Å². The molecule has 1 aliphatic carbocycles. The van der Waals surface area contributed by atoms with Gasteiger partial charge in [-0.1, -0.05) is 48.5 Å². The van der Waals surface area contributed by atoms with Crippen molar-refractivity contribution in [2.24, 2.45) is 5.92 Å². The van der Waals surface area contributed by atoms with Crippen LogP contribution >= 0.6 is 0 Å². The van der Waals surface area contributed by atoms with E-state index in [1.165, 1.54) is 0 Å². The Labute approximate surface area is 198 Å². The number of amides is 2. The Balaban J connectivity index is 1.35. The summed E-state index contributed by atoms with van der Waals surface area (Å²) in [7, 11) is 0. The van der Waals surface area contributed by atoms with Gasteiger partial charge in [-0.05, 0) is 35.6 Å². The molecule has 1 heterocycles. The Kier molecular flexibility index (Phi) is 7.47. The lowest BCUT2D eigenvalue weighted by Crippen LogP contribution is -2.48. The Bertz CT molecular complexity index is 1010. The molecule has 1 fully saturated rings. The minimum atomic E-state index is -0.887. The largest absolute Gasteiger partial charge is 0.481 e. The SMILES string of the molecule is CCN(CCCC(=O)O)C(=O)C1COCC1NC(=O)OCC1c2ccccc2-c2ccccc21. The van der Waals surface area contributed by atoms with Crippen LogP contribution in [0.4, 0.5) is 4.79 Å². The number of nitrogens with zero attached hydrogens (tertiary/aromatic N) is 1. The number of carboxylic acid groups (broad SMARTS) is 1. The highest BCUT2D eigenvalue weighted by Crippen LogP contribution is 2.44. The van der Waals surface area contributed by atoms with Crippen LogP contribution in [0.3, 0.4) is 0 Å². The van der Waals surface area contributed by atoms with Crippen molar-refractivity contribution in [2.45, 2.75) is 31.7 Å². The fourth-order valence-electron chi connectivity index (χ4n) is 4.81. The van der Waals surface area contributed by atoms with E-state index in [4.69, 9.17) is 14.6 Å². The number of aliphatic carboxylic acids is 1. The summed E-state index contributed by atoms with van der Waals surface area (Å²) < 4.78 is 11.1. The van der Waals surface area contributed by atoms with Gasteiger partial charge in [0.05, 0.1) is 25.2 Å². The predicted octanol–water partition coefficient (Wildman–Crippen LogP) is 3.25. The number of carboxylic acids is 1. The zero-order chi connectivity index (χ0) is 24.1. The molecule has 8 nitrogen and oxygen atoms in total. The van der Waals surface area contributed by atoms with Crippen molar-refractivity contribution in [3.05, 3.63) is 59.7 Å². The number of hydrogen-bond acceptors (Lipinski definition) is 5. The van der Waals surface area contributed by atoms with E-state index in [1.807, 2.05) is 31.2 Å². The lowest BCUT2D eigenvalue weighted by molar-refractivity contribution is -0.139. The molecule has 2 aromatic carbocycles. The first kappa shape index (κ1) is 23.8. The van der Waals surface area contributed by atoms with E-state index < -0.39 is 24.0 Å². The summed E-state index contributed by atoms with van der Waals surface area (Å²) in [6.07, 6.45) is -0.191. The van der Waals surface area contributed by atoms with Crippen LogP contribution in [0.5, 0.6) is 0 Å². The van der Waals surface area contributed by atoms with Crippen LogP contribution in [0.1, 0.15) is 36.8 Å². The molecule has 1 aliphatic heterocycles. The first-order chi connectivity index (χ1) is 16.5. The monoisotopic (exact) mass is 466 g/mol. The van der Waals surface area contributed by atoms with Gasteiger partial charge < -0.3 is 24.8 Å². The first-order valence-electron chi connectivity index (χ1n) is 11.7. The van der Waals surface area contributed by atoms with Crippen molar-refractivity contribution >= 4 is 18.0 Å². The van der Waals surface area contributed by atoms with Gasteiger partial charge in [-0.25, -0.2) is 4.79 Å². The van der Waals surface area contributed by atoms with Crippen molar-refractivity contribution in [3.8, 4) is 11.1 Å². The van der Waals surface area contributed by atoms with Crippen LogP contribution in [0, 0.1) is 5.92 Å². The standard InChI is InChI=1S/C26H30N2O6/c1-2-28(13-7-12-24(29)30)25(31)22-14-33-16-23(22)27-26(32)34-15-21-19-10-5-3-8-17(19)18-9-4-6-11-20(18)21/h3-6,8-11,21-23H,2,7,12-16H2,1H3,(H,27,32)(H,29,30). The summed E-state index contributed by atoms with van der Waals surface area (Å²) in [6, 6.07) is 15.8. The number of carbonyl (C=O) groups excluding carboxylic acids is 2. The molecular weight excluding hydrogens is 436 g/mol. The average Bonchev–Trinajstić information content (AvgIpc) is 3.42.